The number of aliphatic hydroxyl groups is 1. The van der Waals surface area contributed by atoms with Crippen molar-refractivity contribution in [1.29, 1.82) is 10.8 Å². The van der Waals surface area contributed by atoms with Crippen LogP contribution >= 0.6 is 34.8 Å². The van der Waals surface area contributed by atoms with Crippen molar-refractivity contribution in [2.45, 2.75) is 13.0 Å². The largest absolute Gasteiger partial charge is 0.395 e. The first-order valence-corrected chi connectivity index (χ1v) is 12.9. The molecule has 4 rings (SSSR count). The number of aryl methyl sites for hydroxylation is 1. The summed E-state index contributed by atoms with van der Waals surface area (Å²) in [6, 6.07) is 12.4. The summed E-state index contributed by atoms with van der Waals surface area (Å²) >= 11 is 18.7. The second-order valence-corrected chi connectivity index (χ2v) is 9.71. The van der Waals surface area contributed by atoms with E-state index in [9.17, 15) is 9.65 Å². The first-order chi connectivity index (χ1) is 19.2. The molecule has 2 aromatic carbocycles. The van der Waals surface area contributed by atoms with E-state index in [-0.39, 0.29) is 23.7 Å². The third-order valence-electron chi connectivity index (χ3n) is 5.88. The molecule has 13 heteroatoms. The molecule has 0 amide bonds. The zero-order valence-electron chi connectivity index (χ0n) is 20.9. The van der Waals surface area contributed by atoms with Crippen LogP contribution in [-0.2, 0) is 0 Å². The Morgan fingerprint density at radius 2 is 1.95 bits per heavy atom. The molecule has 204 valence electrons. The van der Waals surface area contributed by atoms with E-state index in [4.69, 9.17) is 45.4 Å². The molecule has 0 aliphatic heterocycles. The van der Waals surface area contributed by atoms with Crippen molar-refractivity contribution in [3.63, 3.8) is 0 Å². The Kier molecular flexibility index (Phi) is 9.34. The molecular weight excluding hydrogens is 578 g/mol. The number of nitriles is 1. The summed E-state index contributed by atoms with van der Waals surface area (Å²) in [5.74, 6) is -0.572. The molecule has 0 aliphatic rings. The van der Waals surface area contributed by atoms with Crippen molar-refractivity contribution in [3.05, 3.63) is 98.4 Å². The van der Waals surface area contributed by atoms with Crippen LogP contribution in [0.3, 0.4) is 0 Å². The number of aromatic nitrogens is 2. The summed E-state index contributed by atoms with van der Waals surface area (Å²) < 4.78 is 13.7. The normalized spacial score (nSPS) is 12.1. The van der Waals surface area contributed by atoms with Crippen molar-refractivity contribution in [2.24, 2.45) is 5.11 Å². The molecule has 1 atom stereocenters. The first kappa shape index (κ1) is 29.0. The van der Waals surface area contributed by atoms with Crippen molar-refractivity contribution >= 4 is 62.8 Å². The Morgan fingerprint density at radius 1 is 1.18 bits per heavy atom. The molecular formula is C27H22Cl3FN8O. The average molecular weight is 600 g/mol. The van der Waals surface area contributed by atoms with Crippen LogP contribution < -0.4 is 16.0 Å². The lowest BCUT2D eigenvalue weighted by Crippen LogP contribution is -2.18. The molecule has 0 radical (unpaired) electrons. The standard InChI is InChI=1S/C27H22Cl3FN8O/c1-14-18(3-5-24(30)36-14)27(23(39-33)13-34-6-7-40)38-17-8-19-25(37-16-2-4-22(31)20(28)9-16)15(11-32)12-35-26(19)21(29)10-17/h2-5,8-10,12-13,27,33-34,38,40H,6-7H2,1H3,(H,35,37)/b23-13-,39-33?/t27-/m0/s1. The lowest BCUT2D eigenvalue weighted by Gasteiger charge is -2.23. The Hall–Kier alpha value is -4.01. The number of fused-ring (bicyclic) bond motifs is 1. The van der Waals surface area contributed by atoms with Gasteiger partial charge in [-0.3, -0.25) is 4.98 Å². The van der Waals surface area contributed by atoms with Crippen molar-refractivity contribution < 1.29 is 9.50 Å². The average Bonchev–Trinajstić information content (AvgIpc) is 2.93. The second kappa shape index (κ2) is 12.9. The quantitative estimate of drug-likeness (QED) is 0.0733. The van der Waals surface area contributed by atoms with Gasteiger partial charge in [0.1, 0.15) is 22.7 Å². The zero-order chi connectivity index (χ0) is 28.8. The maximum absolute atomic E-state index is 13.7. The molecule has 0 fully saturated rings. The summed E-state index contributed by atoms with van der Waals surface area (Å²) in [5.41, 5.74) is 11.4. The topological polar surface area (TPSA) is 142 Å². The van der Waals surface area contributed by atoms with Gasteiger partial charge in [-0.1, -0.05) is 40.9 Å². The van der Waals surface area contributed by atoms with E-state index in [1.54, 1.807) is 31.2 Å². The van der Waals surface area contributed by atoms with Crippen molar-refractivity contribution in [3.8, 4) is 6.07 Å². The van der Waals surface area contributed by atoms with Crippen molar-refractivity contribution in [2.75, 3.05) is 23.8 Å². The SMILES string of the molecule is Cc1nc(Cl)ccc1[C@H](Nc1cc(Cl)c2ncc(C#N)c(Nc3ccc(F)c(Cl)c3)c2c1)/C(=C/NCCO)N=N. The molecule has 9 nitrogen and oxygen atoms in total. The highest BCUT2D eigenvalue weighted by molar-refractivity contribution is 6.36. The Balaban J connectivity index is 1.85. The fourth-order valence-electron chi connectivity index (χ4n) is 4.03. The maximum atomic E-state index is 13.7. The number of benzene rings is 2. The zero-order valence-corrected chi connectivity index (χ0v) is 23.2. The van der Waals surface area contributed by atoms with E-state index in [1.165, 1.54) is 30.6 Å². The van der Waals surface area contributed by atoms with Gasteiger partial charge in [0.05, 0.1) is 39.5 Å². The molecule has 0 unspecified atom stereocenters. The summed E-state index contributed by atoms with van der Waals surface area (Å²) in [5, 5.41) is 33.1. The van der Waals surface area contributed by atoms with Crippen LogP contribution in [0.5, 0.6) is 0 Å². The highest BCUT2D eigenvalue weighted by Gasteiger charge is 2.22. The Bertz CT molecular complexity index is 1660. The highest BCUT2D eigenvalue weighted by Crippen LogP contribution is 2.37. The number of halogens is 4. The monoisotopic (exact) mass is 598 g/mol. The summed E-state index contributed by atoms with van der Waals surface area (Å²) in [6.07, 6.45) is 2.92. The maximum Gasteiger partial charge on any atom is 0.141 e. The predicted molar refractivity (Wildman–Crippen MR) is 155 cm³/mol. The van der Waals surface area contributed by atoms with Crippen LogP contribution in [0.2, 0.25) is 15.2 Å². The highest BCUT2D eigenvalue weighted by atomic mass is 35.5. The lowest BCUT2D eigenvalue weighted by atomic mass is 10.0. The molecule has 5 N–H and O–H groups in total. The van der Waals surface area contributed by atoms with Crippen LogP contribution in [0.15, 0.2) is 65.7 Å². The molecule has 2 aromatic heterocycles. The molecule has 0 bridgehead atoms. The summed E-state index contributed by atoms with van der Waals surface area (Å²) in [6.45, 7) is 1.94. The van der Waals surface area contributed by atoms with Gasteiger partial charge in [0.15, 0.2) is 0 Å². The van der Waals surface area contributed by atoms with Gasteiger partial charge in [-0.15, -0.1) is 0 Å². The van der Waals surface area contributed by atoms with Gasteiger partial charge in [0, 0.05) is 47.0 Å². The predicted octanol–water partition coefficient (Wildman–Crippen LogP) is 7.26. The number of nitrogens with one attached hydrogen (secondary N) is 4. The van der Waals surface area contributed by atoms with Crippen LogP contribution in [-0.4, -0.2) is 28.2 Å². The van der Waals surface area contributed by atoms with Crippen LogP contribution in [0, 0.1) is 29.6 Å². The van der Waals surface area contributed by atoms with Gasteiger partial charge in [-0.2, -0.15) is 10.4 Å². The molecule has 4 aromatic rings. The fraction of sp³-hybridized carbons (Fsp3) is 0.148. The molecule has 40 heavy (non-hydrogen) atoms. The second-order valence-electron chi connectivity index (χ2n) is 8.51. The molecule has 0 spiro atoms. The van der Waals surface area contributed by atoms with Crippen LogP contribution in [0.25, 0.3) is 10.9 Å². The van der Waals surface area contributed by atoms with E-state index in [0.29, 0.717) is 55.1 Å². The van der Waals surface area contributed by atoms with Gasteiger partial charge >= 0.3 is 0 Å². The number of pyridine rings is 2. The van der Waals surface area contributed by atoms with E-state index in [0.717, 1.165) is 0 Å². The van der Waals surface area contributed by atoms with Gasteiger partial charge in [0.2, 0.25) is 0 Å². The minimum Gasteiger partial charge on any atom is -0.395 e. The van der Waals surface area contributed by atoms with E-state index >= 15 is 0 Å². The van der Waals surface area contributed by atoms with E-state index in [2.05, 4.69) is 37.1 Å². The number of anilines is 3. The third-order valence-corrected chi connectivity index (χ3v) is 6.67. The Morgan fingerprint density at radius 3 is 2.62 bits per heavy atom. The minimum atomic E-state index is -0.679. The van der Waals surface area contributed by atoms with Gasteiger partial charge < -0.3 is 21.1 Å². The summed E-state index contributed by atoms with van der Waals surface area (Å²) in [4.78, 5) is 8.69. The smallest absolute Gasteiger partial charge is 0.141 e. The van der Waals surface area contributed by atoms with Crippen LogP contribution in [0.1, 0.15) is 22.9 Å². The fourth-order valence-corrected chi connectivity index (χ4v) is 4.66. The number of hydrogen-bond acceptors (Lipinski definition) is 9. The van der Waals surface area contributed by atoms with Gasteiger partial charge in [-0.05, 0) is 43.3 Å². The first-order valence-electron chi connectivity index (χ1n) is 11.8. The number of aliphatic hydroxyl groups excluding tert-OH is 1. The summed E-state index contributed by atoms with van der Waals surface area (Å²) in [7, 11) is 0. The van der Waals surface area contributed by atoms with E-state index in [1.807, 2.05) is 0 Å². The molecule has 0 saturated carbocycles. The molecule has 2 heterocycles. The number of hydrogen-bond donors (Lipinski definition) is 5. The van der Waals surface area contributed by atoms with Gasteiger partial charge in [-0.25, -0.2) is 14.9 Å². The third kappa shape index (κ3) is 6.41. The number of nitrogens with zero attached hydrogens (tertiary/aromatic N) is 4. The number of rotatable bonds is 10. The van der Waals surface area contributed by atoms with E-state index < -0.39 is 11.9 Å². The van der Waals surface area contributed by atoms with Crippen LogP contribution in [0.4, 0.5) is 21.5 Å². The minimum absolute atomic E-state index is 0.0784. The van der Waals surface area contributed by atoms with Crippen molar-refractivity contribution in [1.82, 2.24) is 15.3 Å². The van der Waals surface area contributed by atoms with Gasteiger partial charge in [0.25, 0.3) is 0 Å². The Labute approximate surface area is 244 Å². The molecule has 0 aliphatic carbocycles. The lowest BCUT2D eigenvalue weighted by molar-refractivity contribution is 0.298. The molecule has 0 saturated heterocycles.